The minimum atomic E-state index is -0.391. The molecule has 1 saturated heterocycles. The van der Waals surface area contributed by atoms with Crippen molar-refractivity contribution < 1.29 is 19.0 Å². The van der Waals surface area contributed by atoms with Crippen LogP contribution in [0.25, 0.3) is 0 Å². The first-order valence-electron chi connectivity index (χ1n) is 10.1. The molecule has 29 heavy (non-hydrogen) atoms. The number of aryl methyl sites for hydroxylation is 1. The first kappa shape index (κ1) is 21.1. The van der Waals surface area contributed by atoms with Crippen LogP contribution in [0.3, 0.4) is 0 Å². The number of carbonyl (C=O) groups excluding carboxylic acids is 1. The van der Waals surface area contributed by atoms with E-state index in [0.717, 1.165) is 25.2 Å². The molecule has 154 valence electrons. The third-order valence-corrected chi connectivity index (χ3v) is 5.34. The van der Waals surface area contributed by atoms with E-state index in [1.165, 1.54) is 16.7 Å². The van der Waals surface area contributed by atoms with Gasteiger partial charge in [-0.1, -0.05) is 56.8 Å². The Hall–Kier alpha value is -2.59. The van der Waals surface area contributed by atoms with Crippen LogP contribution in [0.15, 0.2) is 60.7 Å². The molecular formula is C25H30O4. The molecule has 0 amide bonds. The summed E-state index contributed by atoms with van der Waals surface area (Å²) in [6.07, 6.45) is 2.65. The predicted molar refractivity (Wildman–Crippen MR) is 114 cm³/mol. The molecule has 2 aromatic rings. The van der Waals surface area contributed by atoms with E-state index >= 15 is 0 Å². The quantitative estimate of drug-likeness (QED) is 0.250. The van der Waals surface area contributed by atoms with Gasteiger partial charge < -0.3 is 14.2 Å². The van der Waals surface area contributed by atoms with E-state index in [2.05, 4.69) is 56.8 Å². The van der Waals surface area contributed by atoms with Gasteiger partial charge >= 0.3 is 5.97 Å². The second-order valence-corrected chi connectivity index (χ2v) is 8.11. The normalized spacial score (nSPS) is 15.6. The zero-order valence-corrected chi connectivity index (χ0v) is 17.6. The molecule has 0 bridgehead atoms. The van der Waals surface area contributed by atoms with Crippen LogP contribution >= 0.6 is 0 Å². The molecule has 1 fully saturated rings. The number of benzene rings is 2. The molecule has 4 heteroatoms. The highest BCUT2D eigenvalue weighted by molar-refractivity contribution is 5.86. The second-order valence-electron chi connectivity index (χ2n) is 8.11. The van der Waals surface area contributed by atoms with Crippen LogP contribution in [0.5, 0.6) is 5.75 Å². The maximum Gasteiger partial charge on any atom is 0.333 e. The number of hydrogen-bond donors (Lipinski definition) is 0. The molecule has 1 aliphatic heterocycles. The van der Waals surface area contributed by atoms with Crippen molar-refractivity contribution >= 4 is 5.97 Å². The number of carbonyl (C=O) groups is 1. The lowest BCUT2D eigenvalue weighted by Crippen LogP contribution is -2.19. The molecule has 0 N–H and O–H groups in total. The van der Waals surface area contributed by atoms with Crippen LogP contribution in [0, 0.1) is 0 Å². The Morgan fingerprint density at radius 1 is 1.07 bits per heavy atom. The minimum Gasteiger partial charge on any atom is -0.490 e. The number of esters is 1. The Bertz CT molecular complexity index is 830. The van der Waals surface area contributed by atoms with Gasteiger partial charge in [-0.2, -0.15) is 0 Å². The molecule has 1 heterocycles. The van der Waals surface area contributed by atoms with Gasteiger partial charge in [-0.05, 0) is 48.6 Å². The molecule has 0 spiro atoms. The lowest BCUT2D eigenvalue weighted by atomic mass is 9.78. The number of epoxide rings is 1. The van der Waals surface area contributed by atoms with Crippen LogP contribution in [0.1, 0.15) is 43.9 Å². The smallest absolute Gasteiger partial charge is 0.333 e. The third kappa shape index (κ3) is 5.94. The van der Waals surface area contributed by atoms with E-state index in [4.69, 9.17) is 14.2 Å². The Labute approximate surface area is 173 Å². The van der Waals surface area contributed by atoms with E-state index in [1.54, 1.807) is 6.92 Å². The van der Waals surface area contributed by atoms with Gasteiger partial charge in [-0.3, -0.25) is 0 Å². The molecule has 4 nitrogen and oxygen atoms in total. The fourth-order valence-corrected chi connectivity index (χ4v) is 3.20. The summed E-state index contributed by atoms with van der Waals surface area (Å²) < 4.78 is 16.0. The van der Waals surface area contributed by atoms with Crippen LogP contribution in [0.2, 0.25) is 0 Å². The molecule has 2 aromatic carbocycles. The lowest BCUT2D eigenvalue weighted by molar-refractivity contribution is -0.139. The predicted octanol–water partition coefficient (Wildman–Crippen LogP) is 4.84. The van der Waals surface area contributed by atoms with Crippen molar-refractivity contribution in [1.29, 1.82) is 0 Å². The number of hydrogen-bond acceptors (Lipinski definition) is 4. The average Bonchev–Trinajstić information content (AvgIpc) is 3.54. The summed E-state index contributed by atoms with van der Waals surface area (Å²) in [5.74, 6) is 0.367. The Morgan fingerprint density at radius 3 is 2.21 bits per heavy atom. The van der Waals surface area contributed by atoms with Crippen molar-refractivity contribution in [1.82, 2.24) is 0 Å². The molecule has 0 aliphatic carbocycles. The standard InChI is InChI=1S/C25H30O4/c1-18(2)24(26)28-16-15-27-22-13-10-21(11-14-22)25(3,4)20-8-5-19(6-9-20)7-12-23-17-29-23/h5-6,8-11,13-14,23H,1,7,12,15-17H2,2-4H3. The highest BCUT2D eigenvalue weighted by atomic mass is 16.6. The first-order chi connectivity index (χ1) is 13.9. The fourth-order valence-electron chi connectivity index (χ4n) is 3.20. The van der Waals surface area contributed by atoms with Crippen molar-refractivity contribution in [3.63, 3.8) is 0 Å². The monoisotopic (exact) mass is 394 g/mol. The Balaban J connectivity index is 1.54. The lowest BCUT2D eigenvalue weighted by Gasteiger charge is -2.26. The van der Waals surface area contributed by atoms with Crippen LogP contribution < -0.4 is 4.74 Å². The zero-order valence-electron chi connectivity index (χ0n) is 17.6. The van der Waals surface area contributed by atoms with Gasteiger partial charge in [0.05, 0.1) is 12.7 Å². The topological polar surface area (TPSA) is 48.1 Å². The summed E-state index contributed by atoms with van der Waals surface area (Å²) in [6, 6.07) is 17.0. The molecule has 0 radical (unpaired) electrons. The Kier molecular flexibility index (Phi) is 6.75. The summed E-state index contributed by atoms with van der Waals surface area (Å²) in [7, 11) is 0. The maximum atomic E-state index is 11.4. The minimum absolute atomic E-state index is 0.103. The van der Waals surface area contributed by atoms with Gasteiger partial charge in [0, 0.05) is 11.0 Å². The maximum absolute atomic E-state index is 11.4. The summed E-state index contributed by atoms with van der Waals surface area (Å²) in [4.78, 5) is 11.4. The molecule has 1 atom stereocenters. The van der Waals surface area contributed by atoms with Gasteiger partial charge in [0.1, 0.15) is 19.0 Å². The summed E-state index contributed by atoms with van der Waals surface area (Å²) in [5.41, 5.74) is 4.15. The van der Waals surface area contributed by atoms with Crippen LogP contribution in [0.4, 0.5) is 0 Å². The van der Waals surface area contributed by atoms with Crippen LogP contribution in [-0.2, 0) is 26.1 Å². The van der Waals surface area contributed by atoms with Crippen LogP contribution in [-0.4, -0.2) is 31.9 Å². The molecule has 1 unspecified atom stereocenters. The van der Waals surface area contributed by atoms with Crippen molar-refractivity contribution in [3.05, 3.63) is 77.4 Å². The summed E-state index contributed by atoms with van der Waals surface area (Å²) in [6.45, 7) is 11.1. The van der Waals surface area contributed by atoms with Crippen molar-refractivity contribution in [3.8, 4) is 5.75 Å². The first-order valence-corrected chi connectivity index (χ1v) is 10.1. The fraction of sp³-hybridized carbons (Fsp3) is 0.400. The Morgan fingerprint density at radius 2 is 1.66 bits per heavy atom. The number of rotatable bonds is 10. The molecule has 1 aliphatic rings. The third-order valence-electron chi connectivity index (χ3n) is 5.34. The van der Waals surface area contributed by atoms with Crippen molar-refractivity contribution in [2.24, 2.45) is 0 Å². The highest BCUT2D eigenvalue weighted by Crippen LogP contribution is 2.32. The largest absolute Gasteiger partial charge is 0.490 e. The molecular weight excluding hydrogens is 364 g/mol. The van der Waals surface area contributed by atoms with Gasteiger partial charge in [0.2, 0.25) is 0 Å². The van der Waals surface area contributed by atoms with E-state index in [1.807, 2.05) is 12.1 Å². The molecule has 0 aromatic heterocycles. The zero-order chi connectivity index (χ0) is 20.9. The van der Waals surface area contributed by atoms with E-state index in [0.29, 0.717) is 18.3 Å². The van der Waals surface area contributed by atoms with Gasteiger partial charge in [0.25, 0.3) is 0 Å². The van der Waals surface area contributed by atoms with E-state index in [9.17, 15) is 4.79 Å². The van der Waals surface area contributed by atoms with E-state index in [-0.39, 0.29) is 12.0 Å². The summed E-state index contributed by atoms with van der Waals surface area (Å²) >= 11 is 0. The SMILES string of the molecule is C=C(C)C(=O)OCCOc1ccc(C(C)(C)c2ccc(CCC3CO3)cc2)cc1. The summed E-state index contributed by atoms with van der Waals surface area (Å²) in [5, 5.41) is 0. The van der Waals surface area contributed by atoms with Crippen molar-refractivity contribution in [2.75, 3.05) is 19.8 Å². The highest BCUT2D eigenvalue weighted by Gasteiger charge is 2.24. The average molecular weight is 395 g/mol. The van der Waals surface area contributed by atoms with Gasteiger partial charge in [-0.15, -0.1) is 0 Å². The number of ether oxygens (including phenoxy) is 3. The molecule has 3 rings (SSSR count). The second kappa shape index (κ2) is 9.27. The van der Waals surface area contributed by atoms with Crippen molar-refractivity contribution in [2.45, 2.75) is 45.1 Å². The van der Waals surface area contributed by atoms with Gasteiger partial charge in [0.15, 0.2) is 0 Å². The van der Waals surface area contributed by atoms with E-state index < -0.39 is 5.97 Å². The van der Waals surface area contributed by atoms with Gasteiger partial charge in [-0.25, -0.2) is 4.79 Å². The molecule has 0 saturated carbocycles.